The number of aromatic amines is 1. The molecule has 2 saturated heterocycles. The number of alkyl halides is 1. The fraction of sp³-hybridized carbons (Fsp3) is 0.476. The van der Waals surface area contributed by atoms with Crippen molar-refractivity contribution in [1.82, 2.24) is 34.1 Å². The first-order valence-electron chi connectivity index (χ1n) is 12.8. The van der Waals surface area contributed by atoms with Crippen molar-refractivity contribution in [2.75, 3.05) is 31.3 Å². The SMILES string of the molecule is Nc1nc2c(ncn2[C@@H]2S[C@H](COP(O)(O)=S)C[C@H]2OP(O)(=S)OC[C@@H]2C[C@@](F)(n3ccc4c(N)ncnc43)CO2)c(=O)[nH]1. The van der Waals surface area contributed by atoms with Gasteiger partial charge < -0.3 is 44.5 Å². The van der Waals surface area contributed by atoms with Crippen LogP contribution in [0.3, 0.4) is 0 Å². The Hall–Kier alpha value is -2.13. The average Bonchev–Trinajstić information content (AvgIpc) is 3.71. The highest BCUT2D eigenvalue weighted by atomic mass is 32.5. The van der Waals surface area contributed by atoms with Crippen LogP contribution in [0.4, 0.5) is 16.2 Å². The maximum absolute atomic E-state index is 16.0. The number of thioether (sulfide) groups is 1. The van der Waals surface area contributed by atoms with Gasteiger partial charge in [0, 0.05) is 17.9 Å². The molecule has 44 heavy (non-hydrogen) atoms. The highest BCUT2D eigenvalue weighted by molar-refractivity contribution is 8.07. The number of hydrogen-bond donors (Lipinski definition) is 6. The Kier molecular flexibility index (Phi) is 8.61. The summed E-state index contributed by atoms with van der Waals surface area (Å²) in [4.78, 5) is 61.2. The predicted octanol–water partition coefficient (Wildman–Crippen LogP) is 0.988. The Morgan fingerprint density at radius 1 is 1.20 bits per heavy atom. The maximum Gasteiger partial charge on any atom is 0.324 e. The van der Waals surface area contributed by atoms with Gasteiger partial charge in [0.05, 0.1) is 37.1 Å². The molecule has 23 heteroatoms. The fourth-order valence-corrected chi connectivity index (χ4v) is 8.82. The normalized spacial score (nSPS) is 27.4. The lowest BCUT2D eigenvalue weighted by molar-refractivity contribution is 0.0269. The number of nitrogens with one attached hydrogen (secondary N) is 1. The molecule has 238 valence electrons. The second-order valence-electron chi connectivity index (χ2n) is 10.1. The zero-order chi connectivity index (χ0) is 31.4. The zero-order valence-electron chi connectivity index (χ0n) is 22.4. The summed E-state index contributed by atoms with van der Waals surface area (Å²) in [5, 5.41) is -0.575. The van der Waals surface area contributed by atoms with Gasteiger partial charge in [-0.1, -0.05) is 0 Å². The molecule has 0 aliphatic carbocycles. The van der Waals surface area contributed by atoms with E-state index in [9.17, 15) is 19.5 Å². The van der Waals surface area contributed by atoms with Crippen molar-refractivity contribution in [1.29, 1.82) is 0 Å². The minimum absolute atomic E-state index is 0.0249. The molecule has 0 aromatic carbocycles. The Morgan fingerprint density at radius 2 is 2.00 bits per heavy atom. The lowest BCUT2D eigenvalue weighted by atomic mass is 10.1. The standard InChI is InChI=1S/C21H26FN9O8P2S3/c22-21(31-2-1-12-15(23)25-8-26-16(12)31)4-10(36-7-21)5-38-41(35,43)39-13-3-11(6-37-40(33,34)42)44-19(13)30-9-27-14-17(30)28-20(24)29-18(14)32/h1-2,8-11,13,19H,3-7H2,(H,35,43)(H2,23,25,26)(H2,33,34,42)(H3,24,28,29,32)/t10-,11-,13+,19+,21+,41?/m0/s1. The Balaban J connectivity index is 1.16. The fourth-order valence-electron chi connectivity index (χ4n) is 5.13. The molecule has 8 N–H and O–H groups in total. The van der Waals surface area contributed by atoms with Crippen molar-refractivity contribution in [2.24, 2.45) is 0 Å². The van der Waals surface area contributed by atoms with Gasteiger partial charge in [0.2, 0.25) is 11.7 Å². The largest absolute Gasteiger partial charge is 0.383 e. The van der Waals surface area contributed by atoms with Crippen LogP contribution >= 0.6 is 25.2 Å². The Morgan fingerprint density at radius 3 is 2.77 bits per heavy atom. The van der Waals surface area contributed by atoms with E-state index in [4.69, 9.17) is 41.6 Å². The van der Waals surface area contributed by atoms with Gasteiger partial charge in [-0.15, -0.1) is 11.8 Å². The van der Waals surface area contributed by atoms with Gasteiger partial charge in [-0.25, -0.2) is 19.3 Å². The third-order valence-electron chi connectivity index (χ3n) is 7.02. The number of nitrogens with two attached hydrogens (primary N) is 2. The molecule has 0 saturated carbocycles. The summed E-state index contributed by atoms with van der Waals surface area (Å²) < 4.78 is 41.1. The number of H-pyrrole nitrogens is 1. The molecule has 4 aromatic heterocycles. The van der Waals surface area contributed by atoms with Crippen LogP contribution in [-0.2, 0) is 47.7 Å². The zero-order valence-corrected chi connectivity index (χ0v) is 26.6. The van der Waals surface area contributed by atoms with Gasteiger partial charge in [-0.2, -0.15) is 4.98 Å². The molecular weight excluding hydrogens is 683 g/mol. The van der Waals surface area contributed by atoms with E-state index in [0.717, 1.165) is 0 Å². The lowest BCUT2D eigenvalue weighted by Crippen LogP contribution is -2.29. The van der Waals surface area contributed by atoms with Crippen LogP contribution in [-0.4, -0.2) is 86.0 Å². The summed E-state index contributed by atoms with van der Waals surface area (Å²) in [6.45, 7) is -8.63. The van der Waals surface area contributed by atoms with E-state index < -0.39 is 47.6 Å². The van der Waals surface area contributed by atoms with E-state index in [1.807, 2.05) is 0 Å². The highest BCUT2D eigenvalue weighted by Crippen LogP contribution is 2.54. The molecule has 0 amide bonds. The van der Waals surface area contributed by atoms with Crippen LogP contribution in [0.2, 0.25) is 0 Å². The molecule has 17 nitrogen and oxygen atoms in total. The second-order valence-corrected chi connectivity index (χ2v) is 17.0. The van der Waals surface area contributed by atoms with Crippen LogP contribution < -0.4 is 17.0 Å². The topological polar surface area (TPSA) is 244 Å². The van der Waals surface area contributed by atoms with Gasteiger partial charge in [0.15, 0.2) is 11.2 Å². The maximum atomic E-state index is 16.0. The molecule has 0 bridgehead atoms. The van der Waals surface area contributed by atoms with E-state index in [1.165, 1.54) is 39.7 Å². The van der Waals surface area contributed by atoms with Crippen molar-refractivity contribution < 1.29 is 37.4 Å². The Bertz CT molecular complexity index is 1870. The third kappa shape index (κ3) is 6.55. The van der Waals surface area contributed by atoms with Crippen molar-refractivity contribution in [3.8, 4) is 0 Å². The predicted molar refractivity (Wildman–Crippen MR) is 165 cm³/mol. The number of nitrogens with zero attached hydrogens (tertiary/aromatic N) is 6. The van der Waals surface area contributed by atoms with Crippen LogP contribution in [0.15, 0.2) is 29.7 Å². The molecular formula is C21H26FN9O8P2S3. The highest BCUT2D eigenvalue weighted by Gasteiger charge is 2.45. The van der Waals surface area contributed by atoms with Crippen molar-refractivity contribution in [2.45, 2.75) is 41.5 Å². The molecule has 4 aromatic rings. The summed E-state index contributed by atoms with van der Waals surface area (Å²) in [7, 11) is 0. The summed E-state index contributed by atoms with van der Waals surface area (Å²) in [6.07, 6.45) is 2.57. The number of ether oxygens (including phenoxy) is 1. The van der Waals surface area contributed by atoms with Crippen molar-refractivity contribution in [3.05, 3.63) is 35.3 Å². The summed E-state index contributed by atoms with van der Waals surface area (Å²) in [6, 6.07) is 1.62. The third-order valence-corrected chi connectivity index (χ3v) is 10.9. The molecule has 6 heterocycles. The van der Waals surface area contributed by atoms with Crippen LogP contribution in [0.25, 0.3) is 22.2 Å². The van der Waals surface area contributed by atoms with E-state index >= 15 is 4.39 Å². The van der Waals surface area contributed by atoms with Gasteiger partial charge >= 0.3 is 13.4 Å². The number of hydrogen-bond acceptors (Lipinski definition) is 14. The molecule has 0 radical (unpaired) electrons. The Labute approximate surface area is 261 Å². The van der Waals surface area contributed by atoms with E-state index in [1.54, 1.807) is 6.07 Å². The number of rotatable bonds is 10. The van der Waals surface area contributed by atoms with E-state index in [2.05, 4.69) is 36.7 Å². The first kappa shape index (κ1) is 31.8. The average molecular weight is 710 g/mol. The summed E-state index contributed by atoms with van der Waals surface area (Å²) >= 11 is 11.1. The second kappa shape index (κ2) is 11.9. The van der Waals surface area contributed by atoms with Gasteiger partial charge in [0.1, 0.15) is 29.8 Å². The first-order valence-corrected chi connectivity index (χ1v) is 19.0. The van der Waals surface area contributed by atoms with Crippen molar-refractivity contribution in [3.63, 3.8) is 0 Å². The quantitative estimate of drug-likeness (QED) is 0.126. The van der Waals surface area contributed by atoms with E-state index in [-0.39, 0.29) is 55.6 Å². The number of anilines is 2. The number of aromatic nitrogens is 7. The molecule has 2 aliphatic rings. The smallest absolute Gasteiger partial charge is 0.324 e. The molecule has 2 fully saturated rings. The summed E-state index contributed by atoms with van der Waals surface area (Å²) in [5.74, 6) is -1.88. The molecule has 1 unspecified atom stereocenters. The molecule has 2 aliphatic heterocycles. The number of fused-ring (bicyclic) bond motifs is 2. The summed E-state index contributed by atoms with van der Waals surface area (Å²) in [5.41, 5.74) is 11.6. The van der Waals surface area contributed by atoms with Crippen LogP contribution in [0.5, 0.6) is 0 Å². The lowest BCUT2D eigenvalue weighted by Gasteiger charge is -2.26. The minimum atomic E-state index is -3.96. The van der Waals surface area contributed by atoms with Crippen LogP contribution in [0.1, 0.15) is 18.2 Å². The minimum Gasteiger partial charge on any atom is -0.383 e. The van der Waals surface area contributed by atoms with Gasteiger partial charge in [0.25, 0.3) is 5.56 Å². The van der Waals surface area contributed by atoms with Crippen molar-refractivity contribution >= 4 is 82.8 Å². The molecule has 6 atom stereocenters. The number of halogens is 1. The first-order chi connectivity index (χ1) is 20.7. The number of imidazole rings is 1. The number of nitrogen functional groups attached to an aromatic ring is 2. The van der Waals surface area contributed by atoms with Gasteiger partial charge in [-0.05, 0) is 36.1 Å². The van der Waals surface area contributed by atoms with Crippen LogP contribution in [0, 0.1) is 0 Å². The van der Waals surface area contributed by atoms with E-state index in [0.29, 0.717) is 11.0 Å². The molecule has 0 spiro atoms. The van der Waals surface area contributed by atoms with Gasteiger partial charge in [-0.3, -0.25) is 18.9 Å². The monoisotopic (exact) mass is 709 g/mol. The molecule has 6 rings (SSSR count).